The Morgan fingerprint density at radius 3 is 1.21 bits per heavy atom. The summed E-state index contributed by atoms with van der Waals surface area (Å²) in [5.41, 5.74) is 0. The number of ether oxygens (including phenoxy) is 3. The van der Waals surface area contributed by atoms with Crippen LogP contribution in [0.2, 0.25) is 0 Å². The molecule has 0 rings (SSSR count). The molecule has 0 aliphatic heterocycles. The maximum atomic E-state index is 12.9. The van der Waals surface area contributed by atoms with Crippen LogP contribution in [0.25, 0.3) is 0 Å². The molecule has 0 saturated heterocycles. The largest absolute Gasteiger partial charge is 0.472 e. The second-order valence-corrected chi connectivity index (χ2v) is 19.5. The molecule has 0 aliphatic carbocycles. The smallest absolute Gasteiger partial charge is 0.462 e. The van der Waals surface area contributed by atoms with Crippen molar-refractivity contribution in [2.24, 2.45) is 0 Å². The van der Waals surface area contributed by atoms with Gasteiger partial charge in [-0.05, 0) is 116 Å². The average molecular weight is 1000 g/mol. The predicted molar refractivity (Wildman–Crippen MR) is 288 cm³/mol. The molecule has 0 heterocycles. The van der Waals surface area contributed by atoms with E-state index in [1.807, 2.05) is 0 Å². The van der Waals surface area contributed by atoms with Gasteiger partial charge in [-0.2, -0.15) is 0 Å². The highest BCUT2D eigenvalue weighted by molar-refractivity contribution is 7.47. The summed E-state index contributed by atoms with van der Waals surface area (Å²) in [6.07, 6.45) is 58.3. The molecule has 2 N–H and O–H groups in total. The second-order valence-electron chi connectivity index (χ2n) is 18.0. The first-order chi connectivity index (χ1) is 34.2. The van der Waals surface area contributed by atoms with Crippen molar-refractivity contribution in [2.45, 2.75) is 238 Å². The van der Waals surface area contributed by atoms with Gasteiger partial charge in [0.15, 0.2) is 6.10 Å². The van der Waals surface area contributed by atoms with E-state index in [4.69, 9.17) is 23.3 Å². The first kappa shape index (κ1) is 66.7. The molecule has 0 aliphatic rings. The van der Waals surface area contributed by atoms with Crippen molar-refractivity contribution >= 4 is 25.7 Å². The molecule has 3 atom stereocenters. The van der Waals surface area contributed by atoms with Crippen molar-refractivity contribution < 1.29 is 52.2 Å². The van der Waals surface area contributed by atoms with E-state index in [-0.39, 0.29) is 25.9 Å². The SMILES string of the molecule is CC/C=C\C/C=C\C/C=C\C/C=C\CCCCC(=O)OC(COC(=O)CCCCCCC/C=C\C/C=C\CCCCC)COP(=O)(O)OCC(CO)OC(=O)CCCCCCC/C=C\CCCCCC. The molecule has 12 heteroatoms. The van der Waals surface area contributed by atoms with Crippen LogP contribution >= 0.6 is 7.82 Å². The van der Waals surface area contributed by atoms with Gasteiger partial charge in [0.2, 0.25) is 0 Å². The Kier molecular flexibility index (Phi) is 49.5. The van der Waals surface area contributed by atoms with E-state index in [0.29, 0.717) is 19.3 Å². The Morgan fingerprint density at radius 1 is 0.414 bits per heavy atom. The number of carbonyl (C=O) groups excluding carboxylic acids is 3. The first-order valence-electron chi connectivity index (χ1n) is 27.5. The van der Waals surface area contributed by atoms with E-state index in [0.717, 1.165) is 122 Å². The van der Waals surface area contributed by atoms with Gasteiger partial charge in [-0.25, -0.2) is 4.57 Å². The zero-order chi connectivity index (χ0) is 51.3. The topological polar surface area (TPSA) is 155 Å². The third-order valence-corrected chi connectivity index (χ3v) is 12.2. The fourth-order valence-electron chi connectivity index (χ4n) is 7.08. The zero-order valence-corrected chi connectivity index (χ0v) is 45.1. The number of rotatable bonds is 50. The summed E-state index contributed by atoms with van der Waals surface area (Å²) in [6.45, 7) is 4.40. The highest BCUT2D eigenvalue weighted by Gasteiger charge is 2.28. The number of esters is 3. The number of phosphoric acid groups is 1. The molecule has 0 bridgehead atoms. The molecule has 402 valence electrons. The molecule has 0 radical (unpaired) electrons. The lowest BCUT2D eigenvalue weighted by atomic mass is 10.1. The van der Waals surface area contributed by atoms with Crippen LogP contribution in [0.3, 0.4) is 0 Å². The maximum absolute atomic E-state index is 12.9. The molecule has 0 fully saturated rings. The van der Waals surface area contributed by atoms with Gasteiger partial charge in [-0.15, -0.1) is 0 Å². The van der Waals surface area contributed by atoms with Crippen molar-refractivity contribution in [3.05, 3.63) is 85.1 Å². The van der Waals surface area contributed by atoms with Crippen LogP contribution < -0.4 is 0 Å². The van der Waals surface area contributed by atoms with Crippen molar-refractivity contribution in [2.75, 3.05) is 26.4 Å². The van der Waals surface area contributed by atoms with Gasteiger partial charge in [0.05, 0.1) is 19.8 Å². The van der Waals surface area contributed by atoms with Gasteiger partial charge in [0.25, 0.3) is 0 Å². The van der Waals surface area contributed by atoms with Gasteiger partial charge in [0, 0.05) is 19.3 Å². The van der Waals surface area contributed by atoms with Crippen LogP contribution in [-0.4, -0.2) is 66.5 Å². The van der Waals surface area contributed by atoms with E-state index in [2.05, 4.69) is 106 Å². The van der Waals surface area contributed by atoms with Crippen molar-refractivity contribution in [1.29, 1.82) is 0 Å². The van der Waals surface area contributed by atoms with Gasteiger partial charge >= 0.3 is 25.7 Å². The maximum Gasteiger partial charge on any atom is 0.472 e. The van der Waals surface area contributed by atoms with Gasteiger partial charge in [-0.1, -0.05) is 176 Å². The number of hydrogen-bond donors (Lipinski definition) is 2. The molecule has 0 aromatic heterocycles. The summed E-state index contributed by atoms with van der Waals surface area (Å²) in [5.74, 6) is -1.54. The highest BCUT2D eigenvalue weighted by atomic mass is 31.2. The van der Waals surface area contributed by atoms with E-state index < -0.39 is 57.8 Å². The van der Waals surface area contributed by atoms with Crippen LogP contribution in [-0.2, 0) is 42.2 Å². The Hall–Kier alpha value is -3.34. The van der Waals surface area contributed by atoms with E-state index in [9.17, 15) is 28.9 Å². The molecule has 11 nitrogen and oxygen atoms in total. The second kappa shape index (κ2) is 52.0. The molecule has 0 amide bonds. The average Bonchev–Trinajstić information content (AvgIpc) is 3.35. The number of allylic oxidation sites excluding steroid dienone is 14. The summed E-state index contributed by atoms with van der Waals surface area (Å²) in [5, 5.41) is 9.79. The van der Waals surface area contributed by atoms with Crippen LogP contribution in [0.15, 0.2) is 85.1 Å². The van der Waals surface area contributed by atoms with Crippen molar-refractivity contribution in [3.63, 3.8) is 0 Å². The van der Waals surface area contributed by atoms with Crippen LogP contribution in [0.5, 0.6) is 0 Å². The zero-order valence-electron chi connectivity index (χ0n) is 44.2. The third kappa shape index (κ3) is 49.6. The van der Waals surface area contributed by atoms with E-state index in [1.165, 1.54) is 44.9 Å². The van der Waals surface area contributed by atoms with Gasteiger partial charge < -0.3 is 24.2 Å². The molecule has 3 unspecified atom stereocenters. The standard InChI is InChI=1S/C58H99O11P/c1-4-7-10-13-16-19-22-25-27-30-32-35-38-41-44-47-56(60)65-51-55(69-58(62)49-46-43-40-37-34-31-28-26-23-20-17-14-11-8-5-2)53-67-70(63,64)66-52-54(50-59)68-57(61)48-45-42-39-36-33-29-24-21-18-15-12-9-6-3/h8,11,16-17,19-21,24-28,34,37,54-55,59H,4-7,9-10,12-15,18,22-23,29-33,35-36,38-53H2,1-3H3,(H,63,64)/b11-8-,19-16-,20-17-,24-21-,27-25-,28-26-,37-34-. The Balaban J connectivity index is 4.83. The number of phosphoric ester groups is 1. The summed E-state index contributed by atoms with van der Waals surface area (Å²) >= 11 is 0. The number of unbranched alkanes of at least 4 members (excludes halogenated alkanes) is 19. The van der Waals surface area contributed by atoms with E-state index in [1.54, 1.807) is 0 Å². The number of hydrogen-bond acceptors (Lipinski definition) is 10. The fourth-order valence-corrected chi connectivity index (χ4v) is 7.86. The Morgan fingerprint density at radius 2 is 0.743 bits per heavy atom. The minimum absolute atomic E-state index is 0.109. The van der Waals surface area contributed by atoms with E-state index >= 15 is 0 Å². The summed E-state index contributed by atoms with van der Waals surface area (Å²) in [4.78, 5) is 48.4. The lowest BCUT2D eigenvalue weighted by molar-refractivity contribution is -0.161. The first-order valence-corrected chi connectivity index (χ1v) is 29.0. The van der Waals surface area contributed by atoms with Crippen molar-refractivity contribution in [1.82, 2.24) is 0 Å². The molecule has 0 aromatic rings. The minimum Gasteiger partial charge on any atom is -0.462 e. The quantitative estimate of drug-likeness (QED) is 0.0197. The monoisotopic (exact) mass is 1000 g/mol. The van der Waals surface area contributed by atoms with Crippen LogP contribution in [0.4, 0.5) is 0 Å². The summed E-state index contributed by atoms with van der Waals surface area (Å²) < 4.78 is 39.4. The molecule has 0 saturated carbocycles. The van der Waals surface area contributed by atoms with Crippen molar-refractivity contribution in [3.8, 4) is 0 Å². The Labute approximate surface area is 426 Å². The summed E-state index contributed by atoms with van der Waals surface area (Å²) in [6, 6.07) is 0. The number of aliphatic hydroxyl groups is 1. The number of carbonyl (C=O) groups is 3. The van der Waals surface area contributed by atoms with Crippen LogP contribution in [0.1, 0.15) is 226 Å². The van der Waals surface area contributed by atoms with Gasteiger partial charge in [0.1, 0.15) is 12.7 Å². The number of aliphatic hydroxyl groups excluding tert-OH is 1. The summed E-state index contributed by atoms with van der Waals surface area (Å²) in [7, 11) is -4.76. The predicted octanol–water partition coefficient (Wildman–Crippen LogP) is 15.9. The molecular weight excluding hydrogens is 904 g/mol. The lowest BCUT2D eigenvalue weighted by Gasteiger charge is -2.21. The molecule has 0 spiro atoms. The molecule has 70 heavy (non-hydrogen) atoms. The Bertz CT molecular complexity index is 1500. The molecule has 0 aromatic carbocycles. The highest BCUT2D eigenvalue weighted by Crippen LogP contribution is 2.43. The minimum atomic E-state index is -4.76. The normalized spacial score (nSPS) is 14.1. The van der Waals surface area contributed by atoms with Gasteiger partial charge in [-0.3, -0.25) is 23.4 Å². The lowest BCUT2D eigenvalue weighted by Crippen LogP contribution is -2.30. The van der Waals surface area contributed by atoms with Crippen LogP contribution in [0, 0.1) is 0 Å². The third-order valence-electron chi connectivity index (χ3n) is 11.3. The fraction of sp³-hybridized carbons (Fsp3) is 0.707. The molecular formula is C58H99O11P.